The quantitative estimate of drug-likeness (QED) is 0.804. The lowest BCUT2D eigenvalue weighted by atomic mass is 10.2. The smallest absolute Gasteiger partial charge is 0.240 e. The van der Waals surface area contributed by atoms with E-state index in [0.717, 1.165) is 11.1 Å². The molecule has 2 aromatic rings. The normalized spacial score (nSPS) is 11.4. The maximum Gasteiger partial charge on any atom is 0.240 e. The zero-order chi connectivity index (χ0) is 18.6. The summed E-state index contributed by atoms with van der Waals surface area (Å²) in [7, 11) is -3.64. The third-order valence-corrected chi connectivity index (χ3v) is 5.84. The number of halogens is 1. The summed E-state index contributed by atoms with van der Waals surface area (Å²) >= 11 is 6.01. The van der Waals surface area contributed by atoms with Crippen LogP contribution in [0, 0.1) is 20.8 Å². The molecular formula is C18H21ClN2O3S. The number of aryl methyl sites for hydroxylation is 2. The highest BCUT2D eigenvalue weighted by Gasteiger charge is 2.17. The number of carbonyl (C=O) groups excluding carboxylic acids is 1. The molecule has 0 spiro atoms. The van der Waals surface area contributed by atoms with Gasteiger partial charge < -0.3 is 5.32 Å². The maximum absolute atomic E-state index is 12.3. The van der Waals surface area contributed by atoms with Gasteiger partial charge in [-0.05, 0) is 50.1 Å². The molecule has 0 aliphatic heterocycles. The zero-order valence-corrected chi connectivity index (χ0v) is 16.0. The van der Waals surface area contributed by atoms with Gasteiger partial charge in [0.2, 0.25) is 15.9 Å². The summed E-state index contributed by atoms with van der Waals surface area (Å²) in [6, 6.07) is 10.4. The van der Waals surface area contributed by atoms with Gasteiger partial charge in [-0.25, -0.2) is 13.1 Å². The molecular weight excluding hydrogens is 360 g/mol. The highest BCUT2D eigenvalue weighted by molar-refractivity contribution is 7.89. The molecule has 0 radical (unpaired) electrons. The minimum absolute atomic E-state index is 0.0150. The Morgan fingerprint density at radius 1 is 1.12 bits per heavy atom. The number of sulfonamides is 1. The molecule has 2 N–H and O–H groups in total. The van der Waals surface area contributed by atoms with Gasteiger partial charge in [-0.3, -0.25) is 4.79 Å². The van der Waals surface area contributed by atoms with E-state index in [-0.39, 0.29) is 23.8 Å². The molecule has 0 bridgehead atoms. The average Bonchev–Trinajstić information content (AvgIpc) is 2.51. The second kappa shape index (κ2) is 7.99. The van der Waals surface area contributed by atoms with Crippen LogP contribution in [0.3, 0.4) is 0 Å². The zero-order valence-electron chi connectivity index (χ0n) is 14.4. The lowest BCUT2D eigenvalue weighted by Crippen LogP contribution is -2.28. The molecule has 0 fully saturated rings. The summed E-state index contributed by atoms with van der Waals surface area (Å²) in [6.07, 6.45) is 0.0239. The van der Waals surface area contributed by atoms with Crippen molar-refractivity contribution in [2.75, 3.05) is 11.9 Å². The predicted octanol–water partition coefficient (Wildman–Crippen LogP) is 3.57. The molecule has 5 nitrogen and oxygen atoms in total. The van der Waals surface area contributed by atoms with Gasteiger partial charge in [-0.15, -0.1) is 0 Å². The molecule has 1 amide bonds. The van der Waals surface area contributed by atoms with Crippen molar-refractivity contribution in [3.63, 3.8) is 0 Å². The van der Waals surface area contributed by atoms with E-state index in [1.807, 2.05) is 13.0 Å². The number of carbonyl (C=O) groups is 1. The van der Waals surface area contributed by atoms with Crippen LogP contribution in [-0.2, 0) is 14.8 Å². The van der Waals surface area contributed by atoms with Gasteiger partial charge in [0.25, 0.3) is 0 Å². The molecule has 2 rings (SSSR count). The lowest BCUT2D eigenvalue weighted by molar-refractivity contribution is -0.116. The van der Waals surface area contributed by atoms with E-state index < -0.39 is 10.0 Å². The van der Waals surface area contributed by atoms with Gasteiger partial charge in [-0.1, -0.05) is 35.4 Å². The maximum atomic E-state index is 12.3. The first-order valence-electron chi connectivity index (χ1n) is 7.82. The van der Waals surface area contributed by atoms with Gasteiger partial charge in [0.15, 0.2) is 0 Å². The number of rotatable bonds is 6. The number of nitrogens with one attached hydrogen (secondary N) is 2. The van der Waals surface area contributed by atoms with Crippen molar-refractivity contribution < 1.29 is 13.2 Å². The summed E-state index contributed by atoms with van der Waals surface area (Å²) in [5.41, 5.74) is 3.06. The summed E-state index contributed by atoms with van der Waals surface area (Å²) in [6.45, 7) is 5.47. The number of benzene rings is 2. The Morgan fingerprint density at radius 3 is 2.52 bits per heavy atom. The number of amides is 1. The highest BCUT2D eigenvalue weighted by Crippen LogP contribution is 2.23. The Kier molecular flexibility index (Phi) is 6.21. The Morgan fingerprint density at radius 2 is 1.84 bits per heavy atom. The van der Waals surface area contributed by atoms with Crippen LogP contribution in [0.4, 0.5) is 5.69 Å². The van der Waals surface area contributed by atoms with Crippen LogP contribution in [0.2, 0.25) is 5.02 Å². The molecule has 0 saturated carbocycles. The molecule has 25 heavy (non-hydrogen) atoms. The molecule has 0 aromatic heterocycles. The van der Waals surface area contributed by atoms with E-state index in [2.05, 4.69) is 10.0 Å². The average molecular weight is 381 g/mol. The highest BCUT2D eigenvalue weighted by atomic mass is 35.5. The van der Waals surface area contributed by atoms with Crippen molar-refractivity contribution >= 4 is 33.2 Å². The molecule has 7 heteroatoms. The Labute approximate surface area is 153 Å². The predicted molar refractivity (Wildman–Crippen MR) is 101 cm³/mol. The van der Waals surface area contributed by atoms with Gasteiger partial charge in [0, 0.05) is 23.7 Å². The molecule has 134 valence electrons. The SMILES string of the molecule is Cc1ccc(S(=O)(=O)NCCC(=O)Nc2cccc(Cl)c2C)c(C)c1. The van der Waals surface area contributed by atoms with Crippen LogP contribution < -0.4 is 10.0 Å². The fraction of sp³-hybridized carbons (Fsp3) is 0.278. The molecule has 0 heterocycles. The molecule has 0 unspecified atom stereocenters. The Bertz CT molecular complexity index is 895. The first-order valence-corrected chi connectivity index (χ1v) is 9.68. The summed E-state index contributed by atoms with van der Waals surface area (Å²) < 4.78 is 27.1. The third-order valence-electron chi connectivity index (χ3n) is 3.81. The van der Waals surface area contributed by atoms with Gasteiger partial charge >= 0.3 is 0 Å². The van der Waals surface area contributed by atoms with Gasteiger partial charge in [-0.2, -0.15) is 0 Å². The number of anilines is 1. The van der Waals surface area contributed by atoms with E-state index in [4.69, 9.17) is 11.6 Å². The van der Waals surface area contributed by atoms with Crippen LogP contribution in [0.15, 0.2) is 41.3 Å². The van der Waals surface area contributed by atoms with Crippen LogP contribution in [0.5, 0.6) is 0 Å². The van der Waals surface area contributed by atoms with E-state index in [9.17, 15) is 13.2 Å². The molecule has 0 saturated heterocycles. The van der Waals surface area contributed by atoms with Gasteiger partial charge in [0.1, 0.15) is 0 Å². The molecule has 0 aliphatic rings. The molecule has 0 atom stereocenters. The lowest BCUT2D eigenvalue weighted by Gasteiger charge is -2.11. The van der Waals surface area contributed by atoms with E-state index >= 15 is 0 Å². The third kappa shape index (κ3) is 5.04. The Balaban J connectivity index is 1.95. The monoisotopic (exact) mass is 380 g/mol. The van der Waals surface area contributed by atoms with Crippen molar-refractivity contribution in [3.05, 3.63) is 58.1 Å². The van der Waals surface area contributed by atoms with Gasteiger partial charge in [0.05, 0.1) is 4.90 Å². The second-order valence-corrected chi connectivity index (χ2v) is 8.02. The van der Waals surface area contributed by atoms with E-state index in [1.165, 1.54) is 0 Å². The minimum atomic E-state index is -3.64. The minimum Gasteiger partial charge on any atom is -0.326 e. The Hall–Kier alpha value is -1.89. The standard InChI is InChI=1S/C18H21ClN2O3S/c1-12-7-8-17(13(2)11-12)25(23,24)20-10-9-18(22)21-16-6-4-5-15(19)14(16)3/h4-8,11,20H,9-10H2,1-3H3,(H,21,22). The summed E-state index contributed by atoms with van der Waals surface area (Å²) in [4.78, 5) is 12.2. The largest absolute Gasteiger partial charge is 0.326 e. The van der Waals surface area contributed by atoms with Crippen molar-refractivity contribution in [1.82, 2.24) is 4.72 Å². The molecule has 2 aromatic carbocycles. The summed E-state index contributed by atoms with van der Waals surface area (Å²) in [5, 5.41) is 3.30. The van der Waals surface area contributed by atoms with Crippen LogP contribution >= 0.6 is 11.6 Å². The van der Waals surface area contributed by atoms with Crippen molar-refractivity contribution in [3.8, 4) is 0 Å². The number of hydrogen-bond acceptors (Lipinski definition) is 3. The van der Waals surface area contributed by atoms with Crippen LogP contribution in [-0.4, -0.2) is 20.9 Å². The second-order valence-electron chi connectivity index (χ2n) is 5.88. The van der Waals surface area contributed by atoms with Crippen LogP contribution in [0.25, 0.3) is 0 Å². The van der Waals surface area contributed by atoms with Crippen molar-refractivity contribution in [2.24, 2.45) is 0 Å². The first kappa shape index (κ1) is 19.4. The fourth-order valence-electron chi connectivity index (χ4n) is 2.43. The van der Waals surface area contributed by atoms with Crippen LogP contribution in [0.1, 0.15) is 23.1 Å². The topological polar surface area (TPSA) is 75.3 Å². The van der Waals surface area contributed by atoms with Crippen molar-refractivity contribution in [2.45, 2.75) is 32.1 Å². The fourth-order valence-corrected chi connectivity index (χ4v) is 3.86. The van der Waals surface area contributed by atoms with Crippen molar-refractivity contribution in [1.29, 1.82) is 0 Å². The van der Waals surface area contributed by atoms with E-state index in [0.29, 0.717) is 16.3 Å². The first-order chi connectivity index (χ1) is 11.7. The number of hydrogen-bond donors (Lipinski definition) is 2. The molecule has 0 aliphatic carbocycles. The summed E-state index contributed by atoms with van der Waals surface area (Å²) in [5.74, 6) is -0.284. The van der Waals surface area contributed by atoms with E-state index in [1.54, 1.807) is 44.2 Å².